The maximum atomic E-state index is 10.9. The molecule has 0 saturated heterocycles. The van der Waals surface area contributed by atoms with Crippen LogP contribution in [0.3, 0.4) is 0 Å². The molecule has 0 aliphatic heterocycles. The first kappa shape index (κ1) is 12.3. The quantitative estimate of drug-likeness (QED) is 0.515. The van der Waals surface area contributed by atoms with Gasteiger partial charge in [0.2, 0.25) is 5.78 Å². The van der Waals surface area contributed by atoms with E-state index in [0.717, 1.165) is 0 Å². The van der Waals surface area contributed by atoms with Gasteiger partial charge in [-0.05, 0) is 11.6 Å². The van der Waals surface area contributed by atoms with Crippen LogP contribution in [0.2, 0.25) is 0 Å². The Morgan fingerprint density at radius 2 is 2.00 bits per heavy atom. The predicted octanol–water partition coefficient (Wildman–Crippen LogP) is 1.55. The molecule has 0 radical (unpaired) electrons. The lowest BCUT2D eigenvalue weighted by atomic mass is 10.1. The van der Waals surface area contributed by atoms with E-state index in [9.17, 15) is 19.7 Å². The summed E-state index contributed by atoms with van der Waals surface area (Å²) in [7, 11) is 0. The van der Waals surface area contributed by atoms with Gasteiger partial charge in [-0.3, -0.25) is 14.9 Å². The average molecular weight is 288 g/mol. The first-order valence-corrected chi connectivity index (χ1v) is 4.89. The lowest BCUT2D eigenvalue weighted by Gasteiger charge is -1.99. The SMILES string of the molecule is O=C(O)C(=O)Cc1cc(Br)cc([N+](=O)[O-])c1. The molecule has 1 aromatic rings. The number of Topliss-reactive ketones (excluding diaryl/α,β-unsaturated/α-hetero) is 1. The maximum absolute atomic E-state index is 10.9. The monoisotopic (exact) mass is 287 g/mol. The third kappa shape index (κ3) is 3.13. The molecule has 1 aromatic carbocycles. The Morgan fingerprint density at radius 1 is 1.38 bits per heavy atom. The number of hydrogen-bond acceptors (Lipinski definition) is 4. The first-order chi connectivity index (χ1) is 7.40. The summed E-state index contributed by atoms with van der Waals surface area (Å²) in [5.74, 6) is -2.56. The molecule has 0 aromatic heterocycles. The number of ketones is 1. The second kappa shape index (κ2) is 4.84. The highest BCUT2D eigenvalue weighted by Gasteiger charge is 2.15. The number of hydrogen-bond donors (Lipinski definition) is 1. The van der Waals surface area contributed by atoms with Crippen molar-refractivity contribution in [2.45, 2.75) is 6.42 Å². The van der Waals surface area contributed by atoms with Crippen LogP contribution in [0.15, 0.2) is 22.7 Å². The van der Waals surface area contributed by atoms with E-state index in [1.807, 2.05) is 0 Å². The highest BCUT2D eigenvalue weighted by Crippen LogP contribution is 2.21. The molecule has 7 heteroatoms. The Hall–Kier alpha value is -1.76. The standard InChI is InChI=1S/C9H6BrNO5/c10-6-1-5(3-8(12)9(13)14)2-7(4-6)11(15)16/h1-2,4H,3H2,(H,13,14). The molecular formula is C9H6BrNO5. The Morgan fingerprint density at radius 3 is 2.50 bits per heavy atom. The van der Waals surface area contributed by atoms with E-state index in [1.165, 1.54) is 18.2 Å². The van der Waals surface area contributed by atoms with Gasteiger partial charge in [-0.1, -0.05) is 15.9 Å². The summed E-state index contributed by atoms with van der Waals surface area (Å²) in [5.41, 5.74) is 0.0936. The summed E-state index contributed by atoms with van der Waals surface area (Å²) in [6.07, 6.45) is -0.365. The van der Waals surface area contributed by atoms with E-state index in [4.69, 9.17) is 5.11 Å². The largest absolute Gasteiger partial charge is 0.475 e. The van der Waals surface area contributed by atoms with E-state index in [2.05, 4.69) is 15.9 Å². The Balaban J connectivity index is 3.01. The molecule has 0 aliphatic rings. The molecule has 0 amide bonds. The summed E-state index contributed by atoms with van der Waals surface area (Å²) in [6, 6.07) is 3.91. The Labute approximate surface area is 98.2 Å². The average Bonchev–Trinajstić information content (AvgIpc) is 2.16. The molecule has 0 atom stereocenters. The van der Waals surface area contributed by atoms with Crippen molar-refractivity contribution in [1.29, 1.82) is 0 Å². The summed E-state index contributed by atoms with van der Waals surface area (Å²) < 4.78 is 0.426. The van der Waals surface area contributed by atoms with Crippen molar-refractivity contribution in [3.63, 3.8) is 0 Å². The van der Waals surface area contributed by atoms with Crippen molar-refractivity contribution < 1.29 is 19.6 Å². The molecule has 0 saturated carbocycles. The fourth-order valence-corrected chi connectivity index (χ4v) is 1.63. The van der Waals surface area contributed by atoms with Gasteiger partial charge in [-0.25, -0.2) is 4.79 Å². The predicted molar refractivity (Wildman–Crippen MR) is 57.1 cm³/mol. The van der Waals surface area contributed by atoms with Crippen LogP contribution in [0.5, 0.6) is 0 Å². The maximum Gasteiger partial charge on any atom is 0.372 e. The minimum atomic E-state index is -1.55. The summed E-state index contributed by atoms with van der Waals surface area (Å²) in [6.45, 7) is 0. The van der Waals surface area contributed by atoms with Crippen LogP contribution < -0.4 is 0 Å². The van der Waals surface area contributed by atoms with Gasteiger partial charge in [0.25, 0.3) is 5.69 Å². The van der Waals surface area contributed by atoms with Crippen molar-refractivity contribution in [2.75, 3.05) is 0 Å². The molecule has 0 aliphatic carbocycles. The minimum Gasteiger partial charge on any atom is -0.475 e. The summed E-state index contributed by atoms with van der Waals surface area (Å²) in [4.78, 5) is 31.1. The molecule has 0 fully saturated rings. The van der Waals surface area contributed by atoms with E-state index < -0.39 is 16.7 Å². The van der Waals surface area contributed by atoms with Crippen molar-refractivity contribution >= 4 is 33.4 Å². The lowest BCUT2D eigenvalue weighted by molar-refractivity contribution is -0.385. The molecule has 1 N–H and O–H groups in total. The second-order valence-corrected chi connectivity index (χ2v) is 3.90. The third-order valence-corrected chi connectivity index (χ3v) is 2.21. The van der Waals surface area contributed by atoms with Gasteiger partial charge in [0.15, 0.2) is 0 Å². The van der Waals surface area contributed by atoms with Gasteiger partial charge in [-0.15, -0.1) is 0 Å². The zero-order valence-corrected chi connectivity index (χ0v) is 9.43. The minimum absolute atomic E-state index is 0.192. The van der Waals surface area contributed by atoms with E-state index in [0.29, 0.717) is 4.47 Å². The van der Waals surface area contributed by atoms with Gasteiger partial charge < -0.3 is 5.11 Å². The fraction of sp³-hybridized carbons (Fsp3) is 0.111. The molecule has 6 nitrogen and oxygen atoms in total. The number of aliphatic carboxylic acids is 1. The zero-order chi connectivity index (χ0) is 12.3. The Kier molecular flexibility index (Phi) is 3.73. The van der Waals surface area contributed by atoms with Gasteiger partial charge in [-0.2, -0.15) is 0 Å². The number of nitrogens with zero attached hydrogens (tertiary/aromatic N) is 1. The number of carboxylic acid groups (broad SMARTS) is 1. The van der Waals surface area contributed by atoms with Crippen LogP contribution in [0, 0.1) is 10.1 Å². The van der Waals surface area contributed by atoms with Crippen LogP contribution in [0.1, 0.15) is 5.56 Å². The number of nitro groups is 1. The Bertz CT molecular complexity index is 471. The highest BCUT2D eigenvalue weighted by molar-refractivity contribution is 9.10. The number of carbonyl (C=O) groups excluding carboxylic acids is 1. The van der Waals surface area contributed by atoms with Crippen LogP contribution in [0.4, 0.5) is 5.69 Å². The number of benzene rings is 1. The normalized spacial score (nSPS) is 9.81. The van der Waals surface area contributed by atoms with Crippen LogP contribution in [0.25, 0.3) is 0 Å². The molecule has 0 bridgehead atoms. The molecule has 0 unspecified atom stereocenters. The summed E-state index contributed by atoms with van der Waals surface area (Å²) >= 11 is 3.05. The number of carboxylic acids is 1. The number of carbonyl (C=O) groups is 2. The first-order valence-electron chi connectivity index (χ1n) is 4.10. The number of non-ortho nitro benzene ring substituents is 1. The van der Waals surface area contributed by atoms with Crippen molar-refractivity contribution in [2.24, 2.45) is 0 Å². The second-order valence-electron chi connectivity index (χ2n) is 2.98. The smallest absolute Gasteiger partial charge is 0.372 e. The van der Waals surface area contributed by atoms with Crippen molar-refractivity contribution in [1.82, 2.24) is 0 Å². The fourth-order valence-electron chi connectivity index (χ4n) is 1.10. The topological polar surface area (TPSA) is 97.5 Å². The van der Waals surface area contributed by atoms with Crippen LogP contribution in [-0.4, -0.2) is 21.8 Å². The van der Waals surface area contributed by atoms with Crippen LogP contribution in [-0.2, 0) is 16.0 Å². The highest BCUT2D eigenvalue weighted by atomic mass is 79.9. The molecule has 1 rings (SSSR count). The number of rotatable bonds is 4. The molecule has 16 heavy (non-hydrogen) atoms. The third-order valence-electron chi connectivity index (χ3n) is 1.76. The van der Waals surface area contributed by atoms with Gasteiger partial charge in [0.1, 0.15) is 0 Å². The van der Waals surface area contributed by atoms with Gasteiger partial charge >= 0.3 is 5.97 Å². The molecule has 0 spiro atoms. The van der Waals surface area contributed by atoms with Gasteiger partial charge in [0.05, 0.1) is 4.92 Å². The van der Waals surface area contributed by atoms with E-state index in [1.54, 1.807) is 0 Å². The van der Waals surface area contributed by atoms with E-state index in [-0.39, 0.29) is 17.7 Å². The van der Waals surface area contributed by atoms with E-state index >= 15 is 0 Å². The zero-order valence-electron chi connectivity index (χ0n) is 7.84. The molecule has 0 heterocycles. The molecule has 84 valence electrons. The van der Waals surface area contributed by atoms with Crippen molar-refractivity contribution in [3.05, 3.63) is 38.3 Å². The number of nitro benzene ring substituents is 1. The van der Waals surface area contributed by atoms with Crippen LogP contribution >= 0.6 is 15.9 Å². The van der Waals surface area contributed by atoms with Gasteiger partial charge in [0, 0.05) is 23.0 Å². The lowest BCUT2D eigenvalue weighted by Crippen LogP contribution is -2.15. The van der Waals surface area contributed by atoms with Crippen molar-refractivity contribution in [3.8, 4) is 0 Å². The molecular weight excluding hydrogens is 282 g/mol. The number of halogens is 1. The summed E-state index contributed by atoms with van der Waals surface area (Å²) in [5, 5.41) is 18.9.